The Bertz CT molecular complexity index is 816. The molecular formula is C18H16N2O5. The topological polar surface area (TPSA) is 93.7 Å². The third kappa shape index (κ3) is 3.77. The molecule has 1 aliphatic rings. The molecule has 0 aliphatic carbocycles. The van der Waals surface area contributed by atoms with E-state index >= 15 is 0 Å². The Morgan fingerprint density at radius 2 is 1.88 bits per heavy atom. The van der Waals surface area contributed by atoms with E-state index in [1.54, 1.807) is 48.5 Å². The van der Waals surface area contributed by atoms with Crippen LogP contribution in [0.2, 0.25) is 0 Å². The number of esters is 1. The van der Waals surface area contributed by atoms with Gasteiger partial charge in [-0.2, -0.15) is 0 Å². The lowest BCUT2D eigenvalue weighted by Crippen LogP contribution is -2.39. The van der Waals surface area contributed by atoms with E-state index in [0.29, 0.717) is 22.7 Å². The molecule has 0 fully saturated rings. The Morgan fingerprint density at radius 1 is 1.16 bits per heavy atom. The summed E-state index contributed by atoms with van der Waals surface area (Å²) in [4.78, 5) is 35.6. The maximum Gasteiger partial charge on any atom is 0.337 e. The Balaban J connectivity index is 1.61. The third-order valence-electron chi connectivity index (χ3n) is 3.67. The van der Waals surface area contributed by atoms with Crippen molar-refractivity contribution in [3.8, 4) is 5.75 Å². The molecule has 1 aliphatic heterocycles. The van der Waals surface area contributed by atoms with Crippen molar-refractivity contribution in [3.05, 3.63) is 54.1 Å². The molecule has 3 rings (SSSR count). The van der Waals surface area contributed by atoms with Crippen LogP contribution in [0, 0.1) is 0 Å². The molecule has 0 spiro atoms. The number of rotatable bonds is 4. The standard InChI is InChI=1S/C18H16N2O5/c1-24-18(23)11-6-8-12(9-7-11)19-16(21)10-15-17(22)20-13-4-2-3-5-14(13)25-15/h2-9,15H,10H2,1H3,(H,19,21)(H,20,22). The van der Waals surface area contributed by atoms with E-state index in [1.807, 2.05) is 0 Å². The Kier molecular flexibility index (Phi) is 4.65. The van der Waals surface area contributed by atoms with Crippen molar-refractivity contribution in [1.82, 2.24) is 0 Å². The number of hydrogen-bond acceptors (Lipinski definition) is 5. The molecule has 1 heterocycles. The Morgan fingerprint density at radius 3 is 2.60 bits per heavy atom. The van der Waals surface area contributed by atoms with Crippen molar-refractivity contribution < 1.29 is 23.9 Å². The molecule has 7 nitrogen and oxygen atoms in total. The first kappa shape index (κ1) is 16.5. The van der Waals surface area contributed by atoms with Crippen LogP contribution in [-0.4, -0.2) is 31.0 Å². The fourth-order valence-corrected chi connectivity index (χ4v) is 2.41. The SMILES string of the molecule is COC(=O)c1ccc(NC(=O)CC2Oc3ccccc3NC2=O)cc1. The van der Waals surface area contributed by atoms with Crippen LogP contribution < -0.4 is 15.4 Å². The molecule has 128 valence electrons. The molecule has 0 aromatic heterocycles. The van der Waals surface area contributed by atoms with Gasteiger partial charge in [0, 0.05) is 5.69 Å². The molecule has 25 heavy (non-hydrogen) atoms. The number of benzene rings is 2. The van der Waals surface area contributed by atoms with E-state index in [4.69, 9.17) is 4.74 Å². The van der Waals surface area contributed by atoms with E-state index < -0.39 is 12.1 Å². The second-order valence-electron chi connectivity index (χ2n) is 5.41. The Hall–Kier alpha value is -3.35. The summed E-state index contributed by atoms with van der Waals surface area (Å²) in [7, 11) is 1.30. The molecule has 2 aromatic carbocycles. The number of carbonyl (C=O) groups excluding carboxylic acids is 3. The zero-order valence-electron chi connectivity index (χ0n) is 13.4. The summed E-state index contributed by atoms with van der Waals surface area (Å²) >= 11 is 0. The number of methoxy groups -OCH3 is 1. The van der Waals surface area contributed by atoms with Gasteiger partial charge in [0.1, 0.15) is 5.75 Å². The highest BCUT2D eigenvalue weighted by Crippen LogP contribution is 2.29. The second kappa shape index (κ2) is 7.04. The van der Waals surface area contributed by atoms with Crippen molar-refractivity contribution in [3.63, 3.8) is 0 Å². The number of anilines is 2. The van der Waals surface area contributed by atoms with Gasteiger partial charge in [0.05, 0.1) is 24.8 Å². The van der Waals surface area contributed by atoms with Crippen LogP contribution in [0.1, 0.15) is 16.8 Å². The predicted octanol–water partition coefficient (Wildman–Crippen LogP) is 2.20. The van der Waals surface area contributed by atoms with Crippen LogP contribution in [0.3, 0.4) is 0 Å². The highest BCUT2D eigenvalue weighted by Gasteiger charge is 2.29. The minimum Gasteiger partial charge on any atom is -0.478 e. The van der Waals surface area contributed by atoms with Gasteiger partial charge in [0.2, 0.25) is 5.91 Å². The summed E-state index contributed by atoms with van der Waals surface area (Å²) < 4.78 is 10.2. The highest BCUT2D eigenvalue weighted by atomic mass is 16.5. The number of amides is 2. The van der Waals surface area contributed by atoms with Gasteiger partial charge in [0.25, 0.3) is 5.91 Å². The minimum atomic E-state index is -0.899. The van der Waals surface area contributed by atoms with Gasteiger partial charge in [-0.25, -0.2) is 4.79 Å². The molecule has 2 N–H and O–H groups in total. The van der Waals surface area contributed by atoms with Crippen molar-refractivity contribution >= 4 is 29.2 Å². The average Bonchev–Trinajstić information content (AvgIpc) is 2.62. The average molecular weight is 340 g/mol. The van der Waals surface area contributed by atoms with Crippen molar-refractivity contribution in [1.29, 1.82) is 0 Å². The maximum absolute atomic E-state index is 12.2. The number of hydrogen-bond donors (Lipinski definition) is 2. The van der Waals surface area contributed by atoms with Crippen molar-refractivity contribution in [2.24, 2.45) is 0 Å². The summed E-state index contributed by atoms with van der Waals surface area (Å²) in [6.07, 6.45) is -1.02. The lowest BCUT2D eigenvalue weighted by Gasteiger charge is -2.25. The predicted molar refractivity (Wildman–Crippen MR) is 90.5 cm³/mol. The highest BCUT2D eigenvalue weighted by molar-refractivity contribution is 6.02. The first-order valence-electron chi connectivity index (χ1n) is 7.61. The second-order valence-corrected chi connectivity index (χ2v) is 5.41. The first-order valence-corrected chi connectivity index (χ1v) is 7.61. The lowest BCUT2D eigenvalue weighted by molar-refractivity contribution is -0.128. The summed E-state index contributed by atoms with van der Waals surface area (Å²) in [5.74, 6) is -0.661. The van der Waals surface area contributed by atoms with Crippen LogP contribution in [0.25, 0.3) is 0 Å². The Labute approximate surface area is 143 Å². The summed E-state index contributed by atoms with van der Waals surface area (Å²) in [6.45, 7) is 0. The molecule has 0 bridgehead atoms. The van der Waals surface area contributed by atoms with Gasteiger partial charge < -0.3 is 20.1 Å². The van der Waals surface area contributed by atoms with Gasteiger partial charge in [-0.05, 0) is 36.4 Å². The molecule has 0 radical (unpaired) electrons. The van der Waals surface area contributed by atoms with Crippen molar-refractivity contribution in [2.75, 3.05) is 17.7 Å². The fraction of sp³-hybridized carbons (Fsp3) is 0.167. The molecule has 1 atom stereocenters. The number of carbonyl (C=O) groups is 3. The van der Waals surface area contributed by atoms with Crippen LogP contribution in [0.4, 0.5) is 11.4 Å². The number of nitrogens with one attached hydrogen (secondary N) is 2. The number of ether oxygens (including phenoxy) is 2. The molecule has 7 heteroatoms. The van der Waals surface area contributed by atoms with Gasteiger partial charge in [-0.1, -0.05) is 12.1 Å². The smallest absolute Gasteiger partial charge is 0.337 e. The molecule has 1 unspecified atom stereocenters. The summed E-state index contributed by atoms with van der Waals surface area (Å²) in [6, 6.07) is 13.3. The van der Waals surface area contributed by atoms with Crippen LogP contribution in [-0.2, 0) is 14.3 Å². The maximum atomic E-state index is 12.2. The first-order chi connectivity index (χ1) is 12.1. The molecule has 2 amide bonds. The number of fused-ring (bicyclic) bond motifs is 1. The molecule has 0 saturated carbocycles. The summed E-state index contributed by atoms with van der Waals surface area (Å²) in [5.41, 5.74) is 1.48. The van der Waals surface area contributed by atoms with Gasteiger partial charge in [-0.15, -0.1) is 0 Å². The van der Waals surface area contributed by atoms with Crippen LogP contribution >= 0.6 is 0 Å². The van der Waals surface area contributed by atoms with Gasteiger partial charge >= 0.3 is 5.97 Å². The summed E-state index contributed by atoms with van der Waals surface area (Å²) in [5, 5.41) is 5.38. The van der Waals surface area contributed by atoms with E-state index in [1.165, 1.54) is 7.11 Å². The van der Waals surface area contributed by atoms with Gasteiger partial charge in [0.15, 0.2) is 6.10 Å². The van der Waals surface area contributed by atoms with Crippen LogP contribution in [0.5, 0.6) is 5.75 Å². The zero-order chi connectivity index (χ0) is 17.8. The lowest BCUT2D eigenvalue weighted by atomic mass is 10.1. The van der Waals surface area contributed by atoms with E-state index in [0.717, 1.165) is 0 Å². The third-order valence-corrected chi connectivity index (χ3v) is 3.67. The molecule has 2 aromatic rings. The van der Waals surface area contributed by atoms with Gasteiger partial charge in [-0.3, -0.25) is 9.59 Å². The van der Waals surface area contributed by atoms with E-state index in [2.05, 4.69) is 15.4 Å². The van der Waals surface area contributed by atoms with E-state index in [9.17, 15) is 14.4 Å². The fourth-order valence-electron chi connectivity index (χ4n) is 2.41. The molecular weight excluding hydrogens is 324 g/mol. The van der Waals surface area contributed by atoms with Crippen LogP contribution in [0.15, 0.2) is 48.5 Å². The quantitative estimate of drug-likeness (QED) is 0.832. The monoisotopic (exact) mass is 340 g/mol. The number of para-hydroxylation sites is 2. The molecule has 0 saturated heterocycles. The minimum absolute atomic E-state index is 0.126. The van der Waals surface area contributed by atoms with Crippen molar-refractivity contribution in [2.45, 2.75) is 12.5 Å². The van der Waals surface area contributed by atoms with E-state index in [-0.39, 0.29) is 18.2 Å². The largest absolute Gasteiger partial charge is 0.478 e. The normalized spacial score (nSPS) is 15.4. The zero-order valence-corrected chi connectivity index (χ0v) is 13.4.